The Morgan fingerprint density at radius 1 is 1.05 bits per heavy atom. The Morgan fingerprint density at radius 3 is 2.34 bits per heavy atom. The zero-order valence-electron chi connectivity index (χ0n) is 21.5. The van der Waals surface area contributed by atoms with E-state index >= 15 is 0 Å². The standard InChI is InChI=1S/C26H31N7O3S2/c1-15-29-31-24(38-15)28-22(34)14-37-25-32-30-21(33(25)19-3-5-20(36-2)6-4-19)13-27-23(35)26-10-16-7-17(11-26)9-18(8-16)12-26/h3-6,16-18H,7-14H2,1-2H3,(H,27,35)(H,28,31,34). The van der Waals surface area contributed by atoms with E-state index in [-0.39, 0.29) is 29.5 Å². The van der Waals surface area contributed by atoms with Gasteiger partial charge in [0.15, 0.2) is 11.0 Å². The van der Waals surface area contributed by atoms with E-state index in [9.17, 15) is 9.59 Å². The van der Waals surface area contributed by atoms with Crippen LogP contribution in [0.15, 0.2) is 29.4 Å². The highest BCUT2D eigenvalue weighted by Crippen LogP contribution is 2.60. The van der Waals surface area contributed by atoms with Crippen LogP contribution in [0.4, 0.5) is 5.13 Å². The summed E-state index contributed by atoms with van der Waals surface area (Å²) in [4.78, 5) is 26.1. The summed E-state index contributed by atoms with van der Waals surface area (Å²) < 4.78 is 7.21. The summed E-state index contributed by atoms with van der Waals surface area (Å²) in [6.07, 6.45) is 6.93. The number of carbonyl (C=O) groups excluding carboxylic acids is 2. The molecular formula is C26H31N7O3S2. The van der Waals surface area contributed by atoms with Gasteiger partial charge in [-0.3, -0.25) is 19.5 Å². The van der Waals surface area contributed by atoms with Crippen molar-refractivity contribution in [2.45, 2.75) is 57.1 Å². The first-order valence-corrected chi connectivity index (χ1v) is 14.8. The maximum Gasteiger partial charge on any atom is 0.236 e. The molecule has 12 heteroatoms. The van der Waals surface area contributed by atoms with Crippen LogP contribution in [-0.4, -0.2) is 49.6 Å². The van der Waals surface area contributed by atoms with Gasteiger partial charge in [0.2, 0.25) is 16.9 Å². The fourth-order valence-corrected chi connectivity index (χ4v) is 8.25. The zero-order chi connectivity index (χ0) is 26.3. The first kappa shape index (κ1) is 25.3. The SMILES string of the molecule is COc1ccc(-n2c(CNC(=O)C34CC5CC(CC(C5)C3)C4)nnc2SCC(=O)Nc2nnc(C)s2)cc1. The van der Waals surface area contributed by atoms with Gasteiger partial charge in [0, 0.05) is 11.1 Å². The topological polar surface area (TPSA) is 124 Å². The molecule has 0 saturated heterocycles. The summed E-state index contributed by atoms with van der Waals surface area (Å²) in [5, 5.41) is 24.5. The van der Waals surface area contributed by atoms with Crippen LogP contribution in [0.2, 0.25) is 0 Å². The third-order valence-corrected chi connectivity index (χ3v) is 9.75. The van der Waals surface area contributed by atoms with Crippen molar-refractivity contribution in [1.29, 1.82) is 0 Å². The fraction of sp³-hybridized carbons (Fsp3) is 0.538. The Hall–Kier alpha value is -2.99. The Kier molecular flexibility index (Phi) is 6.85. The Balaban J connectivity index is 1.18. The summed E-state index contributed by atoms with van der Waals surface area (Å²) >= 11 is 2.60. The van der Waals surface area contributed by atoms with Crippen molar-refractivity contribution >= 4 is 40.0 Å². The van der Waals surface area contributed by atoms with Crippen molar-refractivity contribution < 1.29 is 14.3 Å². The van der Waals surface area contributed by atoms with E-state index in [0.717, 1.165) is 35.7 Å². The van der Waals surface area contributed by atoms with Crippen LogP contribution in [0, 0.1) is 30.1 Å². The smallest absolute Gasteiger partial charge is 0.236 e. The highest BCUT2D eigenvalue weighted by Gasteiger charge is 2.54. The van der Waals surface area contributed by atoms with Gasteiger partial charge < -0.3 is 10.1 Å². The third-order valence-electron chi connectivity index (χ3n) is 8.06. The summed E-state index contributed by atoms with van der Waals surface area (Å²) in [7, 11) is 1.62. The van der Waals surface area contributed by atoms with Crippen LogP contribution in [0.1, 0.15) is 49.4 Å². The lowest BCUT2D eigenvalue weighted by atomic mass is 9.49. The molecule has 4 aliphatic carbocycles. The van der Waals surface area contributed by atoms with E-state index in [2.05, 4.69) is 31.0 Å². The van der Waals surface area contributed by atoms with Gasteiger partial charge in [-0.05, 0) is 87.5 Å². The number of aryl methyl sites for hydroxylation is 1. The first-order valence-electron chi connectivity index (χ1n) is 13.0. The highest BCUT2D eigenvalue weighted by molar-refractivity contribution is 7.99. The molecule has 7 rings (SSSR count). The lowest BCUT2D eigenvalue weighted by Gasteiger charge is -2.55. The van der Waals surface area contributed by atoms with Crippen molar-refractivity contribution in [1.82, 2.24) is 30.3 Å². The predicted octanol–water partition coefficient (Wildman–Crippen LogP) is 4.00. The number of nitrogens with zero attached hydrogens (tertiary/aromatic N) is 5. The molecular weight excluding hydrogens is 522 g/mol. The number of hydrogen-bond acceptors (Lipinski definition) is 9. The lowest BCUT2D eigenvalue weighted by molar-refractivity contribution is -0.146. The van der Waals surface area contributed by atoms with Crippen LogP contribution in [-0.2, 0) is 16.1 Å². The maximum absolute atomic E-state index is 13.5. The predicted molar refractivity (Wildman–Crippen MR) is 144 cm³/mol. The zero-order valence-corrected chi connectivity index (χ0v) is 23.1. The minimum Gasteiger partial charge on any atom is -0.497 e. The van der Waals surface area contributed by atoms with Crippen LogP contribution in [0.3, 0.4) is 0 Å². The third kappa shape index (κ3) is 5.03. The van der Waals surface area contributed by atoms with Crippen molar-refractivity contribution in [2.24, 2.45) is 23.2 Å². The van der Waals surface area contributed by atoms with Crippen molar-refractivity contribution in [3.8, 4) is 11.4 Å². The van der Waals surface area contributed by atoms with Gasteiger partial charge >= 0.3 is 0 Å². The van der Waals surface area contributed by atoms with Gasteiger partial charge in [0.25, 0.3) is 0 Å². The van der Waals surface area contributed by atoms with E-state index in [1.165, 1.54) is 42.4 Å². The summed E-state index contributed by atoms with van der Waals surface area (Å²) in [6.45, 7) is 2.11. The molecule has 4 saturated carbocycles. The van der Waals surface area contributed by atoms with Crippen LogP contribution < -0.4 is 15.4 Å². The molecule has 2 aromatic heterocycles. The van der Waals surface area contributed by atoms with Gasteiger partial charge in [-0.25, -0.2) is 0 Å². The molecule has 0 unspecified atom stereocenters. The van der Waals surface area contributed by atoms with Crippen LogP contribution >= 0.6 is 23.1 Å². The number of aromatic nitrogens is 5. The van der Waals surface area contributed by atoms with E-state index in [1.807, 2.05) is 35.8 Å². The fourth-order valence-electron chi connectivity index (χ4n) is 6.87. The molecule has 4 bridgehead atoms. The second-order valence-corrected chi connectivity index (χ2v) is 12.9. The minimum atomic E-state index is -0.224. The molecule has 2 amide bonds. The largest absolute Gasteiger partial charge is 0.497 e. The van der Waals surface area contributed by atoms with E-state index in [0.29, 0.717) is 33.9 Å². The van der Waals surface area contributed by atoms with Gasteiger partial charge in [0.1, 0.15) is 10.8 Å². The Morgan fingerprint density at radius 2 is 1.74 bits per heavy atom. The molecule has 0 atom stereocenters. The van der Waals surface area contributed by atoms with E-state index < -0.39 is 0 Å². The quantitative estimate of drug-likeness (QED) is 0.381. The molecule has 4 fully saturated rings. The Labute approximate surface area is 229 Å². The van der Waals surface area contributed by atoms with Gasteiger partial charge in [-0.1, -0.05) is 23.1 Å². The number of benzene rings is 1. The van der Waals surface area contributed by atoms with Crippen molar-refractivity contribution in [2.75, 3.05) is 18.2 Å². The normalized spacial score (nSPS) is 25.4. The first-order chi connectivity index (χ1) is 18.4. The van der Waals surface area contributed by atoms with Crippen molar-refractivity contribution in [3.63, 3.8) is 0 Å². The number of amides is 2. The average Bonchev–Trinajstić information content (AvgIpc) is 3.50. The molecule has 0 radical (unpaired) electrons. The molecule has 0 spiro atoms. The lowest BCUT2D eigenvalue weighted by Crippen LogP contribution is -2.53. The summed E-state index contributed by atoms with van der Waals surface area (Å²) in [6, 6.07) is 7.57. The maximum atomic E-state index is 13.5. The van der Waals surface area contributed by atoms with E-state index in [1.54, 1.807) is 7.11 Å². The molecule has 2 N–H and O–H groups in total. The second kappa shape index (κ2) is 10.3. The summed E-state index contributed by atoms with van der Waals surface area (Å²) in [5.74, 6) is 3.55. The minimum absolute atomic E-state index is 0.131. The molecule has 2 heterocycles. The number of methoxy groups -OCH3 is 1. The van der Waals surface area contributed by atoms with E-state index in [4.69, 9.17) is 4.74 Å². The number of carbonyl (C=O) groups is 2. The molecule has 3 aromatic rings. The molecule has 0 aliphatic heterocycles. The highest BCUT2D eigenvalue weighted by atomic mass is 32.2. The number of rotatable bonds is 9. The second-order valence-electron chi connectivity index (χ2n) is 10.8. The van der Waals surface area contributed by atoms with Crippen LogP contribution in [0.5, 0.6) is 5.75 Å². The number of thioether (sulfide) groups is 1. The number of anilines is 1. The molecule has 200 valence electrons. The molecule has 10 nitrogen and oxygen atoms in total. The Bertz CT molecular complexity index is 1300. The monoisotopic (exact) mass is 553 g/mol. The van der Waals surface area contributed by atoms with Gasteiger partial charge in [0.05, 0.1) is 19.4 Å². The van der Waals surface area contributed by atoms with Gasteiger partial charge in [-0.2, -0.15) is 0 Å². The average molecular weight is 554 g/mol. The number of ether oxygens (including phenoxy) is 1. The number of nitrogens with one attached hydrogen (secondary N) is 2. The summed E-state index contributed by atoms with van der Waals surface area (Å²) in [5.41, 5.74) is 0.607. The molecule has 1 aromatic carbocycles. The molecule has 38 heavy (non-hydrogen) atoms. The van der Waals surface area contributed by atoms with Crippen LogP contribution in [0.25, 0.3) is 5.69 Å². The van der Waals surface area contributed by atoms with Crippen molar-refractivity contribution in [3.05, 3.63) is 35.1 Å². The number of hydrogen-bond donors (Lipinski definition) is 2. The van der Waals surface area contributed by atoms with Gasteiger partial charge in [-0.15, -0.1) is 20.4 Å². The molecule has 4 aliphatic rings.